The zero-order valence-electron chi connectivity index (χ0n) is 13.1. The first-order valence-corrected chi connectivity index (χ1v) is 8.62. The van der Waals surface area contributed by atoms with Crippen LogP contribution in [-0.2, 0) is 28.9 Å². The van der Waals surface area contributed by atoms with E-state index in [1.807, 2.05) is 6.20 Å². The lowest BCUT2D eigenvalue weighted by molar-refractivity contribution is -0.140. The molecule has 2 aliphatic heterocycles. The van der Waals surface area contributed by atoms with Gasteiger partial charge in [-0.3, -0.25) is 0 Å². The summed E-state index contributed by atoms with van der Waals surface area (Å²) in [4.78, 5) is 9.23. The van der Waals surface area contributed by atoms with Crippen molar-refractivity contribution in [3.63, 3.8) is 0 Å². The minimum absolute atomic E-state index is 0.0486. The standard InChI is InChI=1S/C17H25N3O2/c1-2-13-11-19-16(20-15(13)3-1)12-18-14-4-7-22-17(10-14)5-8-21-9-6-17/h11,14,18H,1-10,12H2/t14-/m0/s1. The molecule has 3 aliphatic rings. The quantitative estimate of drug-likeness (QED) is 0.922. The maximum atomic E-state index is 6.10. The van der Waals surface area contributed by atoms with Crippen LogP contribution >= 0.6 is 0 Å². The SMILES string of the molecule is c1nc(CN[C@H]2CCOC3(CCOCC3)C2)nc2c1CCC2. The number of fused-ring (bicyclic) bond motifs is 1. The van der Waals surface area contributed by atoms with Crippen molar-refractivity contribution in [2.24, 2.45) is 0 Å². The molecule has 0 aromatic carbocycles. The predicted octanol–water partition coefficient (Wildman–Crippen LogP) is 1.78. The third-order valence-corrected chi connectivity index (χ3v) is 5.31. The molecule has 0 bridgehead atoms. The summed E-state index contributed by atoms with van der Waals surface area (Å²) in [6.45, 7) is 3.29. The van der Waals surface area contributed by atoms with Crippen molar-refractivity contribution in [3.8, 4) is 0 Å². The van der Waals surface area contributed by atoms with Crippen LogP contribution in [0, 0.1) is 0 Å². The molecule has 5 nitrogen and oxygen atoms in total. The van der Waals surface area contributed by atoms with Gasteiger partial charge in [-0.1, -0.05) is 0 Å². The molecule has 0 unspecified atom stereocenters. The fourth-order valence-electron chi connectivity index (χ4n) is 3.97. The van der Waals surface area contributed by atoms with Gasteiger partial charge in [0.1, 0.15) is 5.82 Å². The van der Waals surface area contributed by atoms with E-state index in [-0.39, 0.29) is 5.60 Å². The molecule has 120 valence electrons. The molecule has 1 aromatic heterocycles. The van der Waals surface area contributed by atoms with Gasteiger partial charge in [0.25, 0.3) is 0 Å². The van der Waals surface area contributed by atoms with Gasteiger partial charge in [-0.15, -0.1) is 0 Å². The summed E-state index contributed by atoms with van der Waals surface area (Å²) in [6, 6.07) is 0.503. The van der Waals surface area contributed by atoms with E-state index in [1.165, 1.54) is 17.7 Å². The first kappa shape index (κ1) is 14.5. The molecule has 0 saturated carbocycles. The summed E-state index contributed by atoms with van der Waals surface area (Å²) in [7, 11) is 0. The molecule has 2 fully saturated rings. The average Bonchev–Trinajstić information content (AvgIpc) is 3.01. The number of rotatable bonds is 3. The molecule has 1 aromatic rings. The van der Waals surface area contributed by atoms with Gasteiger partial charge in [0.2, 0.25) is 0 Å². The van der Waals surface area contributed by atoms with Gasteiger partial charge in [0.05, 0.1) is 12.1 Å². The van der Waals surface area contributed by atoms with Crippen LogP contribution in [0.1, 0.15) is 49.2 Å². The third-order valence-electron chi connectivity index (χ3n) is 5.31. The molecule has 1 N–H and O–H groups in total. The molecule has 0 radical (unpaired) electrons. The van der Waals surface area contributed by atoms with E-state index in [2.05, 4.69) is 10.3 Å². The minimum atomic E-state index is 0.0486. The van der Waals surface area contributed by atoms with Crippen LogP contribution < -0.4 is 5.32 Å². The second kappa shape index (κ2) is 6.22. The van der Waals surface area contributed by atoms with Crippen molar-refractivity contribution >= 4 is 0 Å². The van der Waals surface area contributed by atoms with Crippen molar-refractivity contribution in [1.82, 2.24) is 15.3 Å². The van der Waals surface area contributed by atoms with E-state index >= 15 is 0 Å². The maximum absolute atomic E-state index is 6.10. The zero-order chi connectivity index (χ0) is 14.8. The summed E-state index contributed by atoms with van der Waals surface area (Å²) < 4.78 is 11.6. The van der Waals surface area contributed by atoms with Crippen LogP contribution in [0.25, 0.3) is 0 Å². The van der Waals surface area contributed by atoms with Crippen LogP contribution in [0.4, 0.5) is 0 Å². The number of nitrogens with one attached hydrogen (secondary N) is 1. The Balaban J connectivity index is 1.35. The van der Waals surface area contributed by atoms with Gasteiger partial charge in [-0.25, -0.2) is 9.97 Å². The summed E-state index contributed by atoms with van der Waals surface area (Å²) in [5, 5.41) is 3.65. The Morgan fingerprint density at radius 1 is 1.23 bits per heavy atom. The first-order valence-electron chi connectivity index (χ1n) is 8.62. The van der Waals surface area contributed by atoms with Crippen LogP contribution in [0.2, 0.25) is 0 Å². The smallest absolute Gasteiger partial charge is 0.142 e. The summed E-state index contributed by atoms with van der Waals surface area (Å²) in [6.07, 6.45) is 9.73. The number of hydrogen-bond acceptors (Lipinski definition) is 5. The molecular formula is C17H25N3O2. The fourth-order valence-corrected chi connectivity index (χ4v) is 3.97. The van der Waals surface area contributed by atoms with Crippen molar-refractivity contribution in [3.05, 3.63) is 23.3 Å². The van der Waals surface area contributed by atoms with Crippen molar-refractivity contribution < 1.29 is 9.47 Å². The average molecular weight is 303 g/mol. The van der Waals surface area contributed by atoms with E-state index in [1.54, 1.807) is 0 Å². The van der Waals surface area contributed by atoms with Gasteiger partial charge in [-0.05, 0) is 50.5 Å². The largest absolute Gasteiger partial charge is 0.381 e. The molecule has 1 aliphatic carbocycles. The lowest BCUT2D eigenvalue weighted by Gasteiger charge is -2.43. The molecular weight excluding hydrogens is 278 g/mol. The Morgan fingerprint density at radius 2 is 2.14 bits per heavy atom. The topological polar surface area (TPSA) is 56.3 Å². The van der Waals surface area contributed by atoms with Crippen LogP contribution in [0.5, 0.6) is 0 Å². The van der Waals surface area contributed by atoms with Crippen LogP contribution in [0.3, 0.4) is 0 Å². The summed E-state index contributed by atoms with van der Waals surface area (Å²) >= 11 is 0. The normalized spacial score (nSPS) is 27.0. The van der Waals surface area contributed by atoms with Crippen molar-refractivity contribution in [2.75, 3.05) is 19.8 Å². The van der Waals surface area contributed by atoms with Crippen LogP contribution in [0.15, 0.2) is 6.20 Å². The molecule has 5 heteroatoms. The first-order chi connectivity index (χ1) is 10.8. The molecule has 22 heavy (non-hydrogen) atoms. The Kier molecular flexibility index (Phi) is 4.11. The highest BCUT2D eigenvalue weighted by Gasteiger charge is 2.38. The van der Waals surface area contributed by atoms with Gasteiger partial charge in [-0.2, -0.15) is 0 Å². The molecule has 2 saturated heterocycles. The second-order valence-electron chi connectivity index (χ2n) is 6.83. The Hall–Kier alpha value is -1.04. The Morgan fingerprint density at radius 3 is 3.05 bits per heavy atom. The molecule has 3 heterocycles. The summed E-state index contributed by atoms with van der Waals surface area (Å²) in [5.41, 5.74) is 2.66. The minimum Gasteiger partial charge on any atom is -0.381 e. The molecule has 1 atom stereocenters. The van der Waals surface area contributed by atoms with E-state index in [0.717, 1.165) is 70.7 Å². The Bertz CT molecular complexity index is 523. The summed E-state index contributed by atoms with van der Waals surface area (Å²) in [5.74, 6) is 0.938. The van der Waals surface area contributed by atoms with Crippen LogP contribution in [-0.4, -0.2) is 41.4 Å². The monoisotopic (exact) mass is 303 g/mol. The predicted molar refractivity (Wildman–Crippen MR) is 82.7 cm³/mol. The highest BCUT2D eigenvalue weighted by atomic mass is 16.5. The second-order valence-corrected chi connectivity index (χ2v) is 6.83. The van der Waals surface area contributed by atoms with Crippen molar-refractivity contribution in [2.45, 2.75) is 63.1 Å². The number of hydrogen-bond donors (Lipinski definition) is 1. The number of aryl methyl sites for hydroxylation is 2. The number of aromatic nitrogens is 2. The van der Waals surface area contributed by atoms with E-state index in [4.69, 9.17) is 14.5 Å². The molecule has 4 rings (SSSR count). The number of ether oxygens (including phenoxy) is 2. The number of nitrogens with zero attached hydrogens (tertiary/aromatic N) is 2. The fraction of sp³-hybridized carbons (Fsp3) is 0.765. The van der Waals surface area contributed by atoms with Gasteiger partial charge in [0.15, 0.2) is 0 Å². The molecule has 0 amide bonds. The highest BCUT2D eigenvalue weighted by molar-refractivity contribution is 5.22. The lowest BCUT2D eigenvalue weighted by Crippen LogP contribution is -2.49. The third kappa shape index (κ3) is 3.03. The van der Waals surface area contributed by atoms with Gasteiger partial charge < -0.3 is 14.8 Å². The van der Waals surface area contributed by atoms with E-state index < -0.39 is 0 Å². The van der Waals surface area contributed by atoms with E-state index in [0.29, 0.717) is 6.04 Å². The van der Waals surface area contributed by atoms with Crippen molar-refractivity contribution in [1.29, 1.82) is 0 Å². The lowest BCUT2D eigenvalue weighted by atomic mass is 9.84. The molecule has 1 spiro atoms. The van der Waals surface area contributed by atoms with Gasteiger partial charge >= 0.3 is 0 Å². The zero-order valence-corrected chi connectivity index (χ0v) is 13.1. The maximum Gasteiger partial charge on any atom is 0.142 e. The van der Waals surface area contributed by atoms with Gasteiger partial charge in [0, 0.05) is 37.8 Å². The van der Waals surface area contributed by atoms with E-state index in [9.17, 15) is 0 Å². The Labute approximate surface area is 131 Å². The highest BCUT2D eigenvalue weighted by Crippen LogP contribution is 2.34.